The lowest BCUT2D eigenvalue weighted by molar-refractivity contribution is -0.159. The first-order valence-corrected chi connectivity index (χ1v) is 9.65. The minimum atomic E-state index is -3.52. The molecule has 10 nitrogen and oxygen atoms in total. The fourth-order valence-corrected chi connectivity index (χ4v) is 2.96. The fraction of sp³-hybridized carbons (Fsp3) is 0.167. The van der Waals surface area contributed by atoms with E-state index in [0.717, 1.165) is 0 Å². The molecule has 0 amide bonds. The van der Waals surface area contributed by atoms with E-state index < -0.39 is 22.0 Å². The average Bonchev–Trinajstić information content (AvgIpc) is 2.69. The molecule has 0 aliphatic rings. The summed E-state index contributed by atoms with van der Waals surface area (Å²) in [4.78, 5) is 30.3. The predicted octanol–water partition coefficient (Wildman–Crippen LogP) is 0.299. The van der Waals surface area contributed by atoms with Crippen LogP contribution in [0.1, 0.15) is 10.4 Å². The largest absolute Gasteiger partial charge is 0.508 e. The summed E-state index contributed by atoms with van der Waals surface area (Å²) in [5.41, 5.74) is 0.486. The number of carboxylic acid groups (broad SMARTS) is 2. The van der Waals surface area contributed by atoms with Gasteiger partial charge in [0.25, 0.3) is 0 Å². The normalized spacial score (nSPS) is 10.5. The minimum absolute atomic E-state index is 0.0951. The Balaban J connectivity index is 0.000000612. The summed E-state index contributed by atoms with van der Waals surface area (Å²) in [5, 5.41) is 26.8. The van der Waals surface area contributed by atoms with Crippen LogP contribution in [0.5, 0.6) is 5.75 Å². The highest BCUT2D eigenvalue weighted by molar-refractivity contribution is 7.89. The number of carbonyl (C=O) groups is 3. The molecule has 2 rings (SSSR count). The third-order valence-corrected chi connectivity index (χ3v) is 4.78. The van der Waals surface area contributed by atoms with Gasteiger partial charge in [0, 0.05) is 18.7 Å². The maximum absolute atomic E-state index is 12.0. The van der Waals surface area contributed by atoms with Crippen molar-refractivity contribution in [3.05, 3.63) is 60.2 Å². The van der Waals surface area contributed by atoms with E-state index in [1.165, 1.54) is 36.4 Å². The summed E-state index contributed by atoms with van der Waals surface area (Å²) in [6.45, 7) is 0.605. The van der Waals surface area contributed by atoms with Crippen LogP contribution >= 0.6 is 0 Å². The molecule has 156 valence electrons. The van der Waals surface area contributed by atoms with Crippen molar-refractivity contribution in [3.63, 3.8) is 0 Å². The standard InChI is InChI=1S/C16H18N2O4S.C2H2O4/c19-14-8-6-13(7-9-14)16(20)12-17-10-11-18-23(21,22)15-4-2-1-3-5-15;3-1(4)2(5)6/h1-9,17-19H,10-12H2;(H,3,4)(H,5,6). The van der Waals surface area contributed by atoms with Gasteiger partial charge in [0.2, 0.25) is 10.0 Å². The minimum Gasteiger partial charge on any atom is -0.508 e. The highest BCUT2D eigenvalue weighted by Crippen LogP contribution is 2.09. The van der Waals surface area contributed by atoms with E-state index in [0.29, 0.717) is 12.1 Å². The second kappa shape index (κ2) is 11.5. The molecule has 0 bridgehead atoms. The predicted molar refractivity (Wildman–Crippen MR) is 102 cm³/mol. The van der Waals surface area contributed by atoms with Crippen LogP contribution < -0.4 is 10.0 Å². The molecule has 2 aromatic carbocycles. The Bertz CT molecular complexity index is 916. The van der Waals surface area contributed by atoms with E-state index in [1.54, 1.807) is 18.2 Å². The van der Waals surface area contributed by atoms with Gasteiger partial charge in [-0.1, -0.05) is 18.2 Å². The summed E-state index contributed by atoms with van der Waals surface area (Å²) in [5.74, 6) is -3.68. The summed E-state index contributed by atoms with van der Waals surface area (Å²) in [6, 6.07) is 14.1. The van der Waals surface area contributed by atoms with Crippen molar-refractivity contribution in [2.45, 2.75) is 4.90 Å². The molecule has 2 aromatic rings. The topological polar surface area (TPSA) is 170 Å². The van der Waals surface area contributed by atoms with Gasteiger partial charge >= 0.3 is 11.9 Å². The average molecular weight is 424 g/mol. The molecule has 11 heteroatoms. The third kappa shape index (κ3) is 8.97. The number of nitrogens with one attached hydrogen (secondary N) is 2. The van der Waals surface area contributed by atoms with E-state index in [9.17, 15) is 13.2 Å². The number of benzene rings is 2. The molecule has 0 saturated carbocycles. The van der Waals surface area contributed by atoms with Crippen LogP contribution in [0.2, 0.25) is 0 Å². The molecule has 0 saturated heterocycles. The first-order chi connectivity index (χ1) is 13.6. The molecule has 0 atom stereocenters. The van der Waals surface area contributed by atoms with Gasteiger partial charge in [-0.2, -0.15) is 0 Å². The fourth-order valence-electron chi connectivity index (χ4n) is 1.91. The number of hydrogen-bond donors (Lipinski definition) is 5. The molecule has 0 aliphatic carbocycles. The Morgan fingerprint density at radius 2 is 1.38 bits per heavy atom. The zero-order chi connectivity index (χ0) is 21.9. The molecule has 0 heterocycles. The SMILES string of the molecule is O=C(CNCCNS(=O)(=O)c1ccccc1)c1ccc(O)cc1.O=C(O)C(=O)O. The number of carboxylic acids is 2. The zero-order valence-electron chi connectivity index (χ0n) is 15.1. The molecule has 0 aromatic heterocycles. The molecule has 0 spiro atoms. The maximum Gasteiger partial charge on any atom is 0.414 e. The molecular formula is C18H20N2O8S. The molecule has 0 fully saturated rings. The lowest BCUT2D eigenvalue weighted by atomic mass is 10.1. The summed E-state index contributed by atoms with van der Waals surface area (Å²) >= 11 is 0. The van der Waals surface area contributed by atoms with Gasteiger partial charge < -0.3 is 20.6 Å². The second-order valence-corrected chi connectivity index (χ2v) is 7.23. The van der Waals surface area contributed by atoms with Crippen LogP contribution in [0.3, 0.4) is 0 Å². The number of hydrogen-bond acceptors (Lipinski definition) is 7. The maximum atomic E-state index is 12.0. The van der Waals surface area contributed by atoms with Gasteiger partial charge in [-0.15, -0.1) is 0 Å². The highest BCUT2D eigenvalue weighted by Gasteiger charge is 2.12. The Kier molecular flexibility index (Phi) is 9.45. The molecule has 29 heavy (non-hydrogen) atoms. The number of carbonyl (C=O) groups excluding carboxylic acids is 1. The number of Topliss-reactive ketones (excluding diaryl/α,β-unsaturated/α-hetero) is 1. The van der Waals surface area contributed by atoms with E-state index in [2.05, 4.69) is 10.0 Å². The van der Waals surface area contributed by atoms with Crippen molar-refractivity contribution >= 4 is 27.7 Å². The smallest absolute Gasteiger partial charge is 0.414 e. The number of aromatic hydroxyl groups is 1. The molecular weight excluding hydrogens is 404 g/mol. The zero-order valence-corrected chi connectivity index (χ0v) is 15.9. The third-order valence-electron chi connectivity index (χ3n) is 3.31. The Morgan fingerprint density at radius 3 is 1.90 bits per heavy atom. The van der Waals surface area contributed by atoms with Gasteiger partial charge in [0.1, 0.15) is 5.75 Å². The highest BCUT2D eigenvalue weighted by atomic mass is 32.2. The van der Waals surface area contributed by atoms with E-state index in [1.807, 2.05) is 0 Å². The van der Waals surface area contributed by atoms with Gasteiger partial charge in [0.15, 0.2) is 5.78 Å². The van der Waals surface area contributed by atoms with Gasteiger partial charge in [0.05, 0.1) is 11.4 Å². The molecule has 0 aliphatic heterocycles. The van der Waals surface area contributed by atoms with Gasteiger partial charge in [-0.05, 0) is 36.4 Å². The molecule has 0 unspecified atom stereocenters. The summed E-state index contributed by atoms with van der Waals surface area (Å²) in [6.07, 6.45) is 0. The first-order valence-electron chi connectivity index (χ1n) is 8.17. The Labute approximate surface area is 166 Å². The second-order valence-electron chi connectivity index (χ2n) is 5.47. The molecule has 0 radical (unpaired) electrons. The number of ketones is 1. The summed E-state index contributed by atoms with van der Waals surface area (Å²) < 4.78 is 26.4. The van der Waals surface area contributed by atoms with Crippen LogP contribution in [0.25, 0.3) is 0 Å². The molecule has 5 N–H and O–H groups in total. The van der Waals surface area contributed by atoms with Gasteiger partial charge in [-0.25, -0.2) is 22.7 Å². The van der Waals surface area contributed by atoms with Crippen molar-refractivity contribution in [2.75, 3.05) is 19.6 Å². The Morgan fingerprint density at radius 1 is 0.828 bits per heavy atom. The van der Waals surface area contributed by atoms with Crippen molar-refractivity contribution in [1.82, 2.24) is 10.0 Å². The number of rotatable bonds is 8. The Hall–Kier alpha value is -3.28. The lowest BCUT2D eigenvalue weighted by Gasteiger charge is -2.07. The number of sulfonamides is 1. The number of aliphatic carboxylic acids is 2. The van der Waals surface area contributed by atoms with Gasteiger partial charge in [-0.3, -0.25) is 4.79 Å². The van der Waals surface area contributed by atoms with E-state index >= 15 is 0 Å². The van der Waals surface area contributed by atoms with Crippen molar-refractivity contribution in [3.8, 4) is 5.75 Å². The van der Waals surface area contributed by atoms with Crippen LogP contribution in [0.4, 0.5) is 0 Å². The van der Waals surface area contributed by atoms with E-state index in [-0.39, 0.29) is 29.5 Å². The van der Waals surface area contributed by atoms with Crippen LogP contribution in [0.15, 0.2) is 59.5 Å². The van der Waals surface area contributed by atoms with E-state index in [4.69, 9.17) is 24.9 Å². The number of phenolic OH excluding ortho intramolecular Hbond substituents is 1. The monoisotopic (exact) mass is 424 g/mol. The van der Waals surface area contributed by atoms with Crippen LogP contribution in [-0.4, -0.2) is 61.1 Å². The summed E-state index contributed by atoms with van der Waals surface area (Å²) in [7, 11) is -3.52. The van der Waals surface area contributed by atoms with Crippen LogP contribution in [0, 0.1) is 0 Å². The first kappa shape index (κ1) is 23.8. The van der Waals surface area contributed by atoms with Crippen molar-refractivity contribution < 1.29 is 38.1 Å². The lowest BCUT2D eigenvalue weighted by Crippen LogP contribution is -2.34. The van der Waals surface area contributed by atoms with Crippen LogP contribution in [-0.2, 0) is 19.6 Å². The quantitative estimate of drug-likeness (QED) is 0.227. The van der Waals surface area contributed by atoms with Crippen molar-refractivity contribution in [1.29, 1.82) is 0 Å². The van der Waals surface area contributed by atoms with Crippen molar-refractivity contribution in [2.24, 2.45) is 0 Å². The number of phenols is 1.